The Labute approximate surface area is 109 Å². The third kappa shape index (κ3) is 1.70. The number of rotatable bonds is 2. The largest absolute Gasteiger partial charge is 0.347 e. The van der Waals surface area contributed by atoms with E-state index in [1.165, 1.54) is 25.7 Å². The molecular formula is C15H23NO2. The van der Waals surface area contributed by atoms with Crippen LogP contribution in [0.5, 0.6) is 0 Å². The van der Waals surface area contributed by atoms with Crippen LogP contribution in [0.4, 0.5) is 0 Å². The minimum atomic E-state index is -0.269. The zero-order valence-corrected chi connectivity index (χ0v) is 11.3. The first kappa shape index (κ1) is 12.4. The molecule has 0 aromatic heterocycles. The molecule has 3 rings (SSSR count). The van der Waals surface area contributed by atoms with Crippen molar-refractivity contribution in [1.82, 2.24) is 0 Å². The summed E-state index contributed by atoms with van der Waals surface area (Å²) < 4.78 is 12.1. The molecule has 1 saturated heterocycles. The summed E-state index contributed by atoms with van der Waals surface area (Å²) in [7, 11) is 0. The lowest BCUT2D eigenvalue weighted by atomic mass is 9.62. The summed E-state index contributed by atoms with van der Waals surface area (Å²) in [6.45, 7) is 3.93. The summed E-state index contributed by atoms with van der Waals surface area (Å²) in [6, 6.07) is 2.31. The molecule has 1 heterocycles. The number of ether oxygens (including phenoxy) is 2. The molecule has 100 valence electrons. The first-order valence-corrected chi connectivity index (χ1v) is 7.36. The standard InChI is InChI=1S/C15H23NO2/c1-14-7-3-8-15(17-10-11-18-15)13(14)6-5-12(14)4-2-9-16/h12-13H,2-8,10-11H2,1H3. The van der Waals surface area contributed by atoms with Crippen LogP contribution in [0.15, 0.2) is 0 Å². The lowest BCUT2D eigenvalue weighted by Crippen LogP contribution is -2.50. The van der Waals surface area contributed by atoms with Crippen LogP contribution in [0.1, 0.15) is 51.9 Å². The summed E-state index contributed by atoms with van der Waals surface area (Å²) in [4.78, 5) is 0. The summed E-state index contributed by atoms with van der Waals surface area (Å²) in [5.41, 5.74) is 0.333. The first-order chi connectivity index (χ1) is 8.71. The first-order valence-electron chi connectivity index (χ1n) is 7.36. The summed E-state index contributed by atoms with van der Waals surface area (Å²) in [5, 5.41) is 8.81. The van der Waals surface area contributed by atoms with E-state index in [1.54, 1.807) is 0 Å². The normalized spacial score (nSPS) is 41.8. The van der Waals surface area contributed by atoms with Gasteiger partial charge in [-0.2, -0.15) is 5.26 Å². The Morgan fingerprint density at radius 2 is 2.00 bits per heavy atom. The van der Waals surface area contributed by atoms with Gasteiger partial charge in [0.25, 0.3) is 0 Å². The predicted molar refractivity (Wildman–Crippen MR) is 67.7 cm³/mol. The molecule has 2 saturated carbocycles. The molecule has 0 amide bonds. The molecule has 1 aliphatic heterocycles. The zero-order chi connectivity index (χ0) is 12.6. The number of hydrogen-bond donors (Lipinski definition) is 0. The summed E-state index contributed by atoms with van der Waals surface area (Å²) in [5.74, 6) is 0.964. The molecule has 0 aromatic carbocycles. The van der Waals surface area contributed by atoms with E-state index < -0.39 is 0 Å². The van der Waals surface area contributed by atoms with Crippen LogP contribution in [0.2, 0.25) is 0 Å². The Kier molecular flexibility index (Phi) is 3.11. The van der Waals surface area contributed by atoms with Crippen molar-refractivity contribution in [3.05, 3.63) is 0 Å². The van der Waals surface area contributed by atoms with E-state index in [-0.39, 0.29) is 5.79 Å². The van der Waals surface area contributed by atoms with Crippen molar-refractivity contribution in [3.63, 3.8) is 0 Å². The molecule has 3 heteroatoms. The van der Waals surface area contributed by atoms with Crippen LogP contribution < -0.4 is 0 Å². The van der Waals surface area contributed by atoms with Gasteiger partial charge >= 0.3 is 0 Å². The Morgan fingerprint density at radius 1 is 1.22 bits per heavy atom. The summed E-state index contributed by atoms with van der Waals surface area (Å²) >= 11 is 0. The van der Waals surface area contributed by atoms with Gasteiger partial charge in [0.05, 0.1) is 19.3 Å². The van der Waals surface area contributed by atoms with E-state index in [4.69, 9.17) is 14.7 Å². The highest BCUT2D eigenvalue weighted by atomic mass is 16.7. The second-order valence-corrected chi connectivity index (χ2v) is 6.39. The molecule has 0 bridgehead atoms. The second kappa shape index (κ2) is 4.51. The molecule has 18 heavy (non-hydrogen) atoms. The fourth-order valence-corrected chi connectivity index (χ4v) is 4.83. The van der Waals surface area contributed by atoms with E-state index in [0.717, 1.165) is 26.1 Å². The monoisotopic (exact) mass is 249 g/mol. The van der Waals surface area contributed by atoms with Gasteiger partial charge in [-0.3, -0.25) is 0 Å². The second-order valence-electron chi connectivity index (χ2n) is 6.39. The Balaban J connectivity index is 1.81. The lowest BCUT2D eigenvalue weighted by Gasteiger charge is -2.49. The fraction of sp³-hybridized carbons (Fsp3) is 0.933. The molecule has 0 aromatic rings. The van der Waals surface area contributed by atoms with Crippen LogP contribution in [0.25, 0.3) is 0 Å². The van der Waals surface area contributed by atoms with E-state index in [2.05, 4.69) is 13.0 Å². The highest BCUT2D eigenvalue weighted by Gasteiger charge is 2.59. The van der Waals surface area contributed by atoms with Gasteiger partial charge in [0.2, 0.25) is 0 Å². The van der Waals surface area contributed by atoms with Crippen molar-refractivity contribution < 1.29 is 9.47 Å². The Bertz CT molecular complexity index is 356. The van der Waals surface area contributed by atoms with E-state index in [1.807, 2.05) is 0 Å². The van der Waals surface area contributed by atoms with Crippen LogP contribution in [0, 0.1) is 28.6 Å². The van der Waals surface area contributed by atoms with Gasteiger partial charge < -0.3 is 9.47 Å². The minimum absolute atomic E-state index is 0.269. The van der Waals surface area contributed by atoms with Crippen molar-refractivity contribution in [2.45, 2.75) is 57.7 Å². The van der Waals surface area contributed by atoms with Crippen molar-refractivity contribution in [2.24, 2.45) is 17.3 Å². The average Bonchev–Trinajstić information content (AvgIpc) is 2.93. The molecule has 3 aliphatic rings. The zero-order valence-electron chi connectivity index (χ0n) is 11.3. The van der Waals surface area contributed by atoms with Crippen LogP contribution in [-0.4, -0.2) is 19.0 Å². The van der Waals surface area contributed by atoms with Crippen molar-refractivity contribution >= 4 is 0 Å². The van der Waals surface area contributed by atoms with Gasteiger partial charge in [0, 0.05) is 18.8 Å². The molecular weight excluding hydrogens is 226 g/mol. The van der Waals surface area contributed by atoms with Crippen LogP contribution in [0.3, 0.4) is 0 Å². The fourth-order valence-electron chi connectivity index (χ4n) is 4.83. The molecule has 0 N–H and O–H groups in total. The van der Waals surface area contributed by atoms with Crippen LogP contribution >= 0.6 is 0 Å². The highest BCUT2D eigenvalue weighted by Crippen LogP contribution is 2.61. The Hall–Kier alpha value is -0.590. The van der Waals surface area contributed by atoms with E-state index >= 15 is 0 Å². The quantitative estimate of drug-likeness (QED) is 0.754. The number of nitriles is 1. The molecule has 1 spiro atoms. The van der Waals surface area contributed by atoms with Crippen molar-refractivity contribution in [3.8, 4) is 6.07 Å². The van der Waals surface area contributed by atoms with Gasteiger partial charge in [0.15, 0.2) is 5.79 Å². The molecule has 3 fully saturated rings. The number of hydrogen-bond acceptors (Lipinski definition) is 3. The third-order valence-corrected chi connectivity index (χ3v) is 5.68. The minimum Gasteiger partial charge on any atom is -0.347 e. The maximum atomic E-state index is 8.81. The lowest BCUT2D eigenvalue weighted by molar-refractivity contribution is -0.239. The smallest absolute Gasteiger partial charge is 0.171 e. The van der Waals surface area contributed by atoms with Gasteiger partial charge in [-0.05, 0) is 43.4 Å². The third-order valence-electron chi connectivity index (χ3n) is 5.68. The van der Waals surface area contributed by atoms with E-state index in [0.29, 0.717) is 23.7 Å². The van der Waals surface area contributed by atoms with Crippen molar-refractivity contribution in [1.29, 1.82) is 5.26 Å². The van der Waals surface area contributed by atoms with Gasteiger partial charge in [-0.15, -0.1) is 0 Å². The van der Waals surface area contributed by atoms with Crippen LogP contribution in [-0.2, 0) is 9.47 Å². The van der Waals surface area contributed by atoms with Gasteiger partial charge in [-0.25, -0.2) is 0 Å². The van der Waals surface area contributed by atoms with E-state index in [9.17, 15) is 0 Å². The predicted octanol–water partition coefficient (Wildman–Crippen LogP) is 3.25. The summed E-state index contributed by atoms with van der Waals surface area (Å²) in [6.07, 6.45) is 7.77. The highest BCUT2D eigenvalue weighted by molar-refractivity contribution is 5.05. The average molecular weight is 249 g/mol. The maximum Gasteiger partial charge on any atom is 0.171 e. The molecule has 3 atom stereocenters. The molecule has 2 aliphatic carbocycles. The molecule has 3 unspecified atom stereocenters. The number of nitrogens with zero attached hydrogens (tertiary/aromatic N) is 1. The SMILES string of the molecule is CC12CCCC3(OCCO3)C1CCC2CCC#N. The topological polar surface area (TPSA) is 42.2 Å². The van der Waals surface area contributed by atoms with Gasteiger partial charge in [0.1, 0.15) is 0 Å². The number of fused-ring (bicyclic) bond motifs is 2. The molecule has 0 radical (unpaired) electrons. The van der Waals surface area contributed by atoms with Gasteiger partial charge in [-0.1, -0.05) is 6.92 Å². The maximum absolute atomic E-state index is 8.81. The van der Waals surface area contributed by atoms with Crippen molar-refractivity contribution in [2.75, 3.05) is 13.2 Å². The Morgan fingerprint density at radius 3 is 2.72 bits per heavy atom. The molecule has 3 nitrogen and oxygen atoms in total.